The van der Waals surface area contributed by atoms with Crippen molar-refractivity contribution in [1.29, 1.82) is 0 Å². The highest BCUT2D eigenvalue weighted by molar-refractivity contribution is 5.77. The van der Waals surface area contributed by atoms with Gasteiger partial charge in [0.25, 0.3) is 0 Å². The molecular weight excluding hydrogens is 216 g/mol. The van der Waals surface area contributed by atoms with Crippen molar-refractivity contribution >= 4 is 16.8 Å². The van der Waals surface area contributed by atoms with E-state index in [9.17, 15) is 0 Å². The molecule has 2 aromatic rings. The smallest absolute Gasteiger partial charge is 0.192 e. The highest BCUT2D eigenvalue weighted by Crippen LogP contribution is 2.23. The van der Waals surface area contributed by atoms with Crippen LogP contribution in [0.2, 0.25) is 0 Å². The van der Waals surface area contributed by atoms with Gasteiger partial charge in [0, 0.05) is 30.8 Å². The normalized spacial score (nSPS) is 12.0. The molecule has 1 aromatic heterocycles. The molecule has 0 atom stereocenters. The quantitative estimate of drug-likeness (QED) is 0.854. The van der Waals surface area contributed by atoms with E-state index in [1.807, 2.05) is 25.1 Å². The van der Waals surface area contributed by atoms with E-state index in [0.717, 1.165) is 16.8 Å². The van der Waals surface area contributed by atoms with E-state index >= 15 is 0 Å². The Morgan fingerprint density at radius 1 is 1.41 bits per heavy atom. The molecule has 0 radical (unpaired) electrons. The fourth-order valence-corrected chi connectivity index (χ4v) is 1.85. The third kappa shape index (κ3) is 2.77. The standard InChI is InChI=1S/C13H18N2O2/c1-9-14-11-5-4-10(8-12(11)17-9)15-13(2,3)6-7-16/h4-5,8,15-16H,6-7H2,1-3H3. The molecule has 92 valence electrons. The molecule has 1 aromatic carbocycles. The lowest BCUT2D eigenvalue weighted by atomic mass is 10.0. The number of nitrogens with zero attached hydrogens (tertiary/aromatic N) is 1. The molecule has 2 N–H and O–H groups in total. The Kier molecular flexibility index (Phi) is 3.07. The Hall–Kier alpha value is -1.55. The summed E-state index contributed by atoms with van der Waals surface area (Å²) in [5, 5.41) is 12.4. The Labute approximate surface area is 101 Å². The maximum absolute atomic E-state index is 8.99. The SMILES string of the molecule is Cc1nc2ccc(NC(C)(C)CCO)cc2o1. The first-order valence-corrected chi connectivity index (χ1v) is 5.76. The van der Waals surface area contributed by atoms with Crippen LogP contribution in [0.25, 0.3) is 11.1 Å². The minimum Gasteiger partial charge on any atom is -0.441 e. The predicted octanol–water partition coefficient (Wildman–Crippen LogP) is 2.71. The number of fused-ring (bicyclic) bond motifs is 1. The summed E-state index contributed by atoms with van der Waals surface area (Å²) in [5.41, 5.74) is 2.49. The molecule has 0 fully saturated rings. The lowest BCUT2D eigenvalue weighted by Crippen LogP contribution is -2.31. The number of oxazole rings is 1. The summed E-state index contributed by atoms with van der Waals surface area (Å²) >= 11 is 0. The van der Waals surface area contributed by atoms with Crippen molar-refractivity contribution in [2.75, 3.05) is 11.9 Å². The van der Waals surface area contributed by atoms with Crippen molar-refractivity contribution < 1.29 is 9.52 Å². The van der Waals surface area contributed by atoms with Gasteiger partial charge in [-0.05, 0) is 32.4 Å². The molecule has 0 aliphatic heterocycles. The number of anilines is 1. The third-order valence-corrected chi connectivity index (χ3v) is 2.71. The minimum absolute atomic E-state index is 0.141. The van der Waals surface area contributed by atoms with Gasteiger partial charge in [0.05, 0.1) is 0 Å². The molecule has 2 rings (SSSR count). The van der Waals surface area contributed by atoms with Crippen LogP contribution in [0.15, 0.2) is 22.6 Å². The molecule has 0 saturated carbocycles. The third-order valence-electron chi connectivity index (χ3n) is 2.71. The first kappa shape index (κ1) is 11.9. The van der Waals surface area contributed by atoms with Crippen molar-refractivity contribution in [2.24, 2.45) is 0 Å². The number of aliphatic hydroxyl groups excluding tert-OH is 1. The number of hydrogen-bond acceptors (Lipinski definition) is 4. The molecule has 17 heavy (non-hydrogen) atoms. The summed E-state index contributed by atoms with van der Waals surface area (Å²) in [4.78, 5) is 4.25. The van der Waals surface area contributed by atoms with E-state index in [-0.39, 0.29) is 12.1 Å². The molecule has 0 saturated heterocycles. The van der Waals surface area contributed by atoms with Gasteiger partial charge in [-0.15, -0.1) is 0 Å². The van der Waals surface area contributed by atoms with Gasteiger partial charge in [-0.2, -0.15) is 0 Å². The van der Waals surface area contributed by atoms with Gasteiger partial charge in [-0.25, -0.2) is 4.98 Å². The Bertz CT molecular complexity index is 517. The van der Waals surface area contributed by atoms with E-state index in [1.54, 1.807) is 0 Å². The van der Waals surface area contributed by atoms with Crippen molar-refractivity contribution in [1.82, 2.24) is 4.98 Å². The van der Waals surface area contributed by atoms with E-state index in [0.29, 0.717) is 12.3 Å². The van der Waals surface area contributed by atoms with Crippen LogP contribution in [-0.2, 0) is 0 Å². The van der Waals surface area contributed by atoms with Gasteiger partial charge in [0.1, 0.15) is 5.52 Å². The van der Waals surface area contributed by atoms with E-state index < -0.39 is 0 Å². The minimum atomic E-state index is -0.141. The van der Waals surface area contributed by atoms with Gasteiger partial charge in [-0.1, -0.05) is 0 Å². The summed E-state index contributed by atoms with van der Waals surface area (Å²) in [6.07, 6.45) is 0.695. The van der Waals surface area contributed by atoms with E-state index in [2.05, 4.69) is 24.1 Å². The zero-order valence-corrected chi connectivity index (χ0v) is 10.4. The molecule has 0 spiro atoms. The van der Waals surface area contributed by atoms with Gasteiger partial charge >= 0.3 is 0 Å². The monoisotopic (exact) mass is 234 g/mol. The van der Waals surface area contributed by atoms with Crippen LogP contribution in [0, 0.1) is 6.92 Å². The molecule has 4 nitrogen and oxygen atoms in total. The second-order valence-corrected chi connectivity index (χ2v) is 4.90. The van der Waals surface area contributed by atoms with Crippen LogP contribution < -0.4 is 5.32 Å². The van der Waals surface area contributed by atoms with Gasteiger partial charge in [0.15, 0.2) is 11.5 Å². The molecular formula is C13H18N2O2. The Balaban J connectivity index is 2.24. The molecule has 0 aliphatic rings. The zero-order valence-electron chi connectivity index (χ0n) is 10.4. The first-order chi connectivity index (χ1) is 8.00. The van der Waals surface area contributed by atoms with Crippen LogP contribution in [0.4, 0.5) is 5.69 Å². The molecule has 1 heterocycles. The van der Waals surface area contributed by atoms with Crippen molar-refractivity contribution in [2.45, 2.75) is 32.7 Å². The van der Waals surface area contributed by atoms with Crippen LogP contribution in [0.3, 0.4) is 0 Å². The summed E-state index contributed by atoms with van der Waals surface area (Å²) in [7, 11) is 0. The van der Waals surface area contributed by atoms with Crippen molar-refractivity contribution in [3.05, 3.63) is 24.1 Å². The number of aryl methyl sites for hydroxylation is 1. The number of nitrogens with one attached hydrogen (secondary N) is 1. The number of benzene rings is 1. The van der Waals surface area contributed by atoms with Gasteiger partial charge < -0.3 is 14.8 Å². The highest BCUT2D eigenvalue weighted by atomic mass is 16.3. The lowest BCUT2D eigenvalue weighted by molar-refractivity contribution is 0.261. The largest absolute Gasteiger partial charge is 0.441 e. The van der Waals surface area contributed by atoms with Crippen LogP contribution in [-0.4, -0.2) is 22.2 Å². The average Bonchev–Trinajstić information content (AvgIpc) is 2.56. The first-order valence-electron chi connectivity index (χ1n) is 5.76. The highest BCUT2D eigenvalue weighted by Gasteiger charge is 2.16. The van der Waals surface area contributed by atoms with Crippen LogP contribution in [0.5, 0.6) is 0 Å². The zero-order chi connectivity index (χ0) is 12.5. The summed E-state index contributed by atoms with van der Waals surface area (Å²) < 4.78 is 5.48. The molecule has 0 amide bonds. The average molecular weight is 234 g/mol. The fourth-order valence-electron chi connectivity index (χ4n) is 1.85. The van der Waals surface area contributed by atoms with Crippen molar-refractivity contribution in [3.8, 4) is 0 Å². The number of aromatic nitrogens is 1. The molecule has 0 aliphatic carbocycles. The number of aliphatic hydroxyl groups is 1. The van der Waals surface area contributed by atoms with E-state index in [1.165, 1.54) is 0 Å². The summed E-state index contributed by atoms with van der Waals surface area (Å²) in [5.74, 6) is 0.673. The van der Waals surface area contributed by atoms with E-state index in [4.69, 9.17) is 9.52 Å². The molecule has 4 heteroatoms. The fraction of sp³-hybridized carbons (Fsp3) is 0.462. The van der Waals surface area contributed by atoms with Crippen LogP contribution >= 0.6 is 0 Å². The van der Waals surface area contributed by atoms with Gasteiger partial charge in [-0.3, -0.25) is 0 Å². The van der Waals surface area contributed by atoms with Gasteiger partial charge in [0.2, 0.25) is 0 Å². The van der Waals surface area contributed by atoms with Crippen LogP contribution in [0.1, 0.15) is 26.2 Å². The molecule has 0 bridgehead atoms. The summed E-state index contributed by atoms with van der Waals surface area (Å²) in [6.45, 7) is 6.12. The Morgan fingerprint density at radius 2 is 2.18 bits per heavy atom. The maximum Gasteiger partial charge on any atom is 0.192 e. The lowest BCUT2D eigenvalue weighted by Gasteiger charge is -2.26. The maximum atomic E-state index is 8.99. The number of rotatable bonds is 4. The Morgan fingerprint density at radius 3 is 2.88 bits per heavy atom. The summed E-state index contributed by atoms with van der Waals surface area (Å²) in [6, 6.07) is 5.85. The number of hydrogen-bond donors (Lipinski definition) is 2. The van der Waals surface area contributed by atoms with Crippen molar-refractivity contribution in [3.63, 3.8) is 0 Å². The second kappa shape index (κ2) is 4.37. The topological polar surface area (TPSA) is 58.3 Å². The predicted molar refractivity (Wildman–Crippen MR) is 68.2 cm³/mol. The molecule has 0 unspecified atom stereocenters. The second-order valence-electron chi connectivity index (χ2n) is 4.90.